The summed E-state index contributed by atoms with van der Waals surface area (Å²) < 4.78 is 18.4. The van der Waals surface area contributed by atoms with E-state index >= 15 is 0 Å². The summed E-state index contributed by atoms with van der Waals surface area (Å²) >= 11 is 0. The molecule has 0 bridgehead atoms. The first-order chi connectivity index (χ1) is 6.87. The predicted octanol–water partition coefficient (Wildman–Crippen LogP) is 2.43. The molecule has 1 nitrogen and oxygen atoms in total. The van der Waals surface area contributed by atoms with Crippen molar-refractivity contribution >= 4 is 13.3 Å². The summed E-state index contributed by atoms with van der Waals surface area (Å²) in [5, 5.41) is 0. The minimum atomic E-state index is -0.360. The number of halogens is 1. The van der Waals surface area contributed by atoms with Crippen molar-refractivity contribution in [1.82, 2.24) is 0 Å². The van der Waals surface area contributed by atoms with Gasteiger partial charge in [0.05, 0.1) is 6.61 Å². The average Bonchev–Trinajstić information content (AvgIpc) is 1.99. The van der Waals surface area contributed by atoms with Crippen LogP contribution in [0.1, 0.15) is 27.2 Å². The van der Waals surface area contributed by atoms with E-state index in [-0.39, 0.29) is 11.2 Å². The second-order valence-corrected chi connectivity index (χ2v) is 4.88. The van der Waals surface area contributed by atoms with E-state index in [0.29, 0.717) is 17.8 Å². The van der Waals surface area contributed by atoms with Crippen LogP contribution in [0, 0.1) is 11.2 Å². The molecule has 0 aromatic heterocycles. The van der Waals surface area contributed by atoms with Gasteiger partial charge in [0.15, 0.2) is 0 Å². The third-order valence-electron chi connectivity index (χ3n) is 2.01. The van der Waals surface area contributed by atoms with Gasteiger partial charge in [0.1, 0.15) is 19.4 Å². The lowest BCUT2D eigenvalue weighted by atomic mass is 9.93. The minimum Gasteiger partial charge on any atom is -0.493 e. The van der Waals surface area contributed by atoms with Gasteiger partial charge in [-0.2, -0.15) is 0 Å². The zero-order valence-corrected chi connectivity index (χ0v) is 9.51. The maximum Gasteiger partial charge on any atom is 0.126 e. The average molecular weight is 206 g/mol. The molecule has 0 saturated heterocycles. The first-order valence-corrected chi connectivity index (χ1v) is 5.06. The Morgan fingerprint density at radius 2 is 1.93 bits per heavy atom. The molecule has 0 unspecified atom stereocenters. The van der Waals surface area contributed by atoms with E-state index in [4.69, 9.17) is 12.6 Å². The Morgan fingerprint density at radius 3 is 2.47 bits per heavy atom. The molecular weight excluding hydrogens is 190 g/mol. The Balaban J connectivity index is 2.51. The molecule has 0 aliphatic carbocycles. The van der Waals surface area contributed by atoms with Crippen LogP contribution < -0.4 is 10.2 Å². The van der Waals surface area contributed by atoms with Crippen molar-refractivity contribution in [2.24, 2.45) is 5.41 Å². The summed E-state index contributed by atoms with van der Waals surface area (Å²) in [6.07, 6.45) is 0.920. The molecule has 15 heavy (non-hydrogen) atoms. The van der Waals surface area contributed by atoms with Crippen molar-refractivity contribution in [3.05, 3.63) is 24.0 Å². The molecule has 0 aliphatic heterocycles. The minimum absolute atomic E-state index is 0.221. The van der Waals surface area contributed by atoms with E-state index in [9.17, 15) is 4.39 Å². The van der Waals surface area contributed by atoms with E-state index in [1.165, 1.54) is 12.1 Å². The SMILES string of the molecule is [B]c1cc(F)cc(OCCC(C)(C)C)c1. The molecular formula is C12H16BFO. The molecule has 0 atom stereocenters. The zero-order valence-electron chi connectivity index (χ0n) is 9.51. The van der Waals surface area contributed by atoms with Crippen LogP contribution in [0.25, 0.3) is 0 Å². The summed E-state index contributed by atoms with van der Waals surface area (Å²) in [4.78, 5) is 0. The number of rotatable bonds is 3. The third kappa shape index (κ3) is 4.87. The van der Waals surface area contributed by atoms with Gasteiger partial charge in [0.2, 0.25) is 0 Å². The highest BCUT2D eigenvalue weighted by molar-refractivity contribution is 6.32. The van der Waals surface area contributed by atoms with Crippen molar-refractivity contribution in [3.8, 4) is 5.75 Å². The Labute approximate surface area is 92.1 Å². The Hall–Kier alpha value is -0.985. The standard InChI is InChI=1S/C12H16BFO/c1-12(2,3)4-5-15-11-7-9(13)6-10(14)8-11/h6-8H,4-5H2,1-3H3. The second-order valence-electron chi connectivity index (χ2n) is 4.88. The summed E-state index contributed by atoms with van der Waals surface area (Å²) in [5.41, 5.74) is 0.611. The highest BCUT2D eigenvalue weighted by Crippen LogP contribution is 2.19. The Morgan fingerprint density at radius 1 is 1.27 bits per heavy atom. The predicted molar refractivity (Wildman–Crippen MR) is 61.4 cm³/mol. The van der Waals surface area contributed by atoms with Gasteiger partial charge in [0.25, 0.3) is 0 Å². The van der Waals surface area contributed by atoms with E-state index in [2.05, 4.69) is 20.8 Å². The van der Waals surface area contributed by atoms with Crippen LogP contribution in [0.5, 0.6) is 5.75 Å². The Bertz CT molecular complexity index is 311. The van der Waals surface area contributed by atoms with Crippen molar-refractivity contribution in [2.75, 3.05) is 6.61 Å². The summed E-state index contributed by atoms with van der Waals surface area (Å²) in [6, 6.07) is 4.25. The maximum atomic E-state index is 12.9. The molecule has 0 heterocycles. The lowest BCUT2D eigenvalue weighted by Gasteiger charge is -2.18. The number of hydrogen-bond acceptors (Lipinski definition) is 1. The molecule has 0 aliphatic rings. The normalized spacial score (nSPS) is 11.5. The summed E-state index contributed by atoms with van der Waals surface area (Å²) in [5.74, 6) is 0.137. The quantitative estimate of drug-likeness (QED) is 0.690. The number of benzene rings is 1. The molecule has 3 heteroatoms. The van der Waals surface area contributed by atoms with Crippen LogP contribution in [0.2, 0.25) is 0 Å². The summed E-state index contributed by atoms with van der Waals surface area (Å²) in [7, 11) is 5.50. The van der Waals surface area contributed by atoms with Crippen molar-refractivity contribution in [2.45, 2.75) is 27.2 Å². The van der Waals surface area contributed by atoms with Crippen molar-refractivity contribution in [3.63, 3.8) is 0 Å². The number of hydrogen-bond donors (Lipinski definition) is 0. The fraction of sp³-hybridized carbons (Fsp3) is 0.500. The fourth-order valence-corrected chi connectivity index (χ4v) is 1.14. The van der Waals surface area contributed by atoms with Crippen LogP contribution in [0.3, 0.4) is 0 Å². The Kier molecular flexibility index (Phi) is 3.78. The van der Waals surface area contributed by atoms with Crippen LogP contribution in [-0.2, 0) is 0 Å². The molecule has 1 rings (SSSR count). The van der Waals surface area contributed by atoms with Gasteiger partial charge in [0, 0.05) is 6.07 Å². The van der Waals surface area contributed by atoms with Gasteiger partial charge in [-0.15, -0.1) is 0 Å². The van der Waals surface area contributed by atoms with Crippen LogP contribution >= 0.6 is 0 Å². The molecule has 0 fully saturated rings. The molecule has 0 saturated carbocycles. The smallest absolute Gasteiger partial charge is 0.126 e. The van der Waals surface area contributed by atoms with E-state index in [1.54, 1.807) is 6.07 Å². The first-order valence-electron chi connectivity index (χ1n) is 5.06. The van der Waals surface area contributed by atoms with E-state index < -0.39 is 0 Å². The van der Waals surface area contributed by atoms with Crippen LogP contribution in [-0.4, -0.2) is 14.5 Å². The van der Waals surface area contributed by atoms with Gasteiger partial charge < -0.3 is 4.74 Å². The highest BCUT2D eigenvalue weighted by Gasteiger charge is 2.10. The second kappa shape index (κ2) is 4.69. The fourth-order valence-electron chi connectivity index (χ4n) is 1.14. The molecule has 1 aromatic rings. The van der Waals surface area contributed by atoms with Gasteiger partial charge >= 0.3 is 0 Å². The van der Waals surface area contributed by atoms with Gasteiger partial charge in [-0.05, 0) is 24.0 Å². The zero-order chi connectivity index (χ0) is 11.5. The maximum absolute atomic E-state index is 12.9. The van der Waals surface area contributed by atoms with Gasteiger partial charge in [-0.3, -0.25) is 0 Å². The third-order valence-corrected chi connectivity index (χ3v) is 2.01. The van der Waals surface area contributed by atoms with E-state index in [1.807, 2.05) is 0 Å². The number of ether oxygens (including phenoxy) is 1. The van der Waals surface area contributed by atoms with Crippen molar-refractivity contribution in [1.29, 1.82) is 0 Å². The molecule has 2 radical (unpaired) electrons. The first kappa shape index (κ1) is 12.1. The van der Waals surface area contributed by atoms with Gasteiger partial charge in [-0.1, -0.05) is 26.2 Å². The molecule has 0 amide bonds. The topological polar surface area (TPSA) is 9.23 Å². The monoisotopic (exact) mass is 206 g/mol. The molecule has 0 N–H and O–H groups in total. The lowest BCUT2D eigenvalue weighted by Crippen LogP contribution is -2.12. The van der Waals surface area contributed by atoms with Crippen LogP contribution in [0.4, 0.5) is 4.39 Å². The van der Waals surface area contributed by atoms with Gasteiger partial charge in [-0.25, -0.2) is 4.39 Å². The summed E-state index contributed by atoms with van der Waals surface area (Å²) in [6.45, 7) is 6.98. The van der Waals surface area contributed by atoms with Crippen molar-refractivity contribution < 1.29 is 9.13 Å². The van der Waals surface area contributed by atoms with E-state index in [0.717, 1.165) is 6.42 Å². The molecule has 0 spiro atoms. The molecule has 1 aromatic carbocycles. The molecule has 80 valence electrons. The highest BCUT2D eigenvalue weighted by atomic mass is 19.1. The van der Waals surface area contributed by atoms with Crippen LogP contribution in [0.15, 0.2) is 18.2 Å². The largest absolute Gasteiger partial charge is 0.493 e. The lowest BCUT2D eigenvalue weighted by molar-refractivity contribution is 0.242.